The smallest absolute Gasteiger partial charge is 0.268 e. The van der Waals surface area contributed by atoms with Gasteiger partial charge in [0.2, 0.25) is 0 Å². The Balaban J connectivity index is 1.78. The van der Waals surface area contributed by atoms with E-state index in [9.17, 15) is 9.59 Å². The van der Waals surface area contributed by atoms with Crippen molar-refractivity contribution in [3.8, 4) is 11.4 Å². The van der Waals surface area contributed by atoms with E-state index in [0.29, 0.717) is 36.5 Å². The molecule has 0 aliphatic rings. The summed E-state index contributed by atoms with van der Waals surface area (Å²) in [6.45, 7) is 2.88. The lowest BCUT2D eigenvalue weighted by atomic mass is 10.1. The molecule has 1 amide bonds. The van der Waals surface area contributed by atoms with Gasteiger partial charge in [0.05, 0.1) is 12.8 Å². The lowest BCUT2D eigenvalue weighted by Crippen LogP contribution is -2.34. The van der Waals surface area contributed by atoms with Gasteiger partial charge in [0.15, 0.2) is 0 Å². The molecule has 0 radical (unpaired) electrons. The van der Waals surface area contributed by atoms with E-state index in [0.717, 1.165) is 0 Å². The third-order valence-electron chi connectivity index (χ3n) is 4.22. The van der Waals surface area contributed by atoms with Gasteiger partial charge in [-0.25, -0.2) is 0 Å². The first-order valence-corrected chi connectivity index (χ1v) is 8.58. The number of hydrogen-bond acceptors (Lipinski definition) is 5. The van der Waals surface area contributed by atoms with Crippen LogP contribution < -0.4 is 15.6 Å². The number of ether oxygens (including phenoxy) is 1. The van der Waals surface area contributed by atoms with Crippen LogP contribution in [0.1, 0.15) is 22.3 Å². The molecule has 0 saturated heterocycles. The van der Waals surface area contributed by atoms with Gasteiger partial charge in [-0.1, -0.05) is 12.1 Å². The Bertz CT molecular complexity index is 979. The third kappa shape index (κ3) is 4.05. The zero-order valence-corrected chi connectivity index (χ0v) is 15.3. The largest absolute Gasteiger partial charge is 0.495 e. The molecule has 0 bridgehead atoms. The fourth-order valence-electron chi connectivity index (χ4n) is 2.81. The van der Waals surface area contributed by atoms with Gasteiger partial charge in [-0.2, -0.15) is 0 Å². The number of methoxy groups -OCH3 is 1. The van der Waals surface area contributed by atoms with E-state index in [4.69, 9.17) is 4.74 Å². The quantitative estimate of drug-likeness (QED) is 0.640. The van der Waals surface area contributed by atoms with Gasteiger partial charge in [-0.05, 0) is 37.1 Å². The highest BCUT2D eigenvalue weighted by molar-refractivity contribution is 5.95. The van der Waals surface area contributed by atoms with Gasteiger partial charge in [0.1, 0.15) is 24.0 Å². The van der Waals surface area contributed by atoms with Crippen molar-refractivity contribution in [2.24, 2.45) is 0 Å². The summed E-state index contributed by atoms with van der Waals surface area (Å²) >= 11 is 0. The maximum absolute atomic E-state index is 12.9. The topological polar surface area (TPSA) is 91.0 Å². The second-order valence-electron chi connectivity index (χ2n) is 6.03. The van der Waals surface area contributed by atoms with Crippen LogP contribution in [0.4, 0.5) is 0 Å². The van der Waals surface area contributed by atoms with Gasteiger partial charge < -0.3 is 14.6 Å². The van der Waals surface area contributed by atoms with Gasteiger partial charge in [0.25, 0.3) is 11.5 Å². The Morgan fingerprint density at radius 2 is 1.93 bits per heavy atom. The molecule has 0 aliphatic heterocycles. The summed E-state index contributed by atoms with van der Waals surface area (Å²) in [7, 11) is 1.54. The summed E-state index contributed by atoms with van der Waals surface area (Å²) in [5.74, 6) is 0.175. The third-order valence-corrected chi connectivity index (χ3v) is 4.22. The summed E-state index contributed by atoms with van der Waals surface area (Å²) < 4.78 is 8.58. The molecule has 0 aliphatic carbocycles. The summed E-state index contributed by atoms with van der Waals surface area (Å²) in [5, 5.41) is 10.3. The Morgan fingerprint density at radius 1 is 1.19 bits per heavy atom. The van der Waals surface area contributed by atoms with Crippen LogP contribution in [-0.4, -0.2) is 38.9 Å². The zero-order chi connectivity index (χ0) is 19.2. The van der Waals surface area contributed by atoms with E-state index in [2.05, 4.69) is 15.5 Å². The van der Waals surface area contributed by atoms with Crippen LogP contribution in [0.25, 0.3) is 5.69 Å². The van der Waals surface area contributed by atoms with Crippen molar-refractivity contribution in [2.45, 2.75) is 19.9 Å². The number of rotatable bonds is 7. The predicted molar refractivity (Wildman–Crippen MR) is 100 cm³/mol. The van der Waals surface area contributed by atoms with E-state index in [1.807, 2.05) is 16.7 Å². The summed E-state index contributed by atoms with van der Waals surface area (Å²) in [6, 6.07) is 8.93. The second-order valence-corrected chi connectivity index (χ2v) is 6.03. The molecule has 140 valence electrons. The van der Waals surface area contributed by atoms with Gasteiger partial charge in [0, 0.05) is 19.3 Å². The van der Waals surface area contributed by atoms with E-state index < -0.39 is 0 Å². The molecule has 1 aromatic carbocycles. The molecule has 2 aromatic heterocycles. The van der Waals surface area contributed by atoms with Crippen molar-refractivity contribution in [3.05, 3.63) is 70.7 Å². The molecular formula is C19H21N5O3. The average molecular weight is 367 g/mol. The predicted octanol–water partition coefficient (Wildman–Crippen LogP) is 1.57. The highest BCUT2D eigenvalue weighted by Crippen LogP contribution is 2.21. The number of aromatic nitrogens is 4. The van der Waals surface area contributed by atoms with Crippen molar-refractivity contribution in [1.29, 1.82) is 0 Å². The first-order chi connectivity index (χ1) is 13.1. The number of amides is 1. The van der Waals surface area contributed by atoms with E-state index >= 15 is 0 Å². The molecule has 3 rings (SSSR count). The second kappa shape index (κ2) is 8.31. The minimum atomic E-state index is -0.384. The number of aryl methyl sites for hydroxylation is 2. The van der Waals surface area contributed by atoms with Crippen molar-refractivity contribution in [1.82, 2.24) is 24.6 Å². The number of benzene rings is 1. The van der Waals surface area contributed by atoms with Crippen LogP contribution >= 0.6 is 0 Å². The fraction of sp³-hybridized carbons (Fsp3) is 0.263. The van der Waals surface area contributed by atoms with Crippen LogP contribution in [0.5, 0.6) is 5.75 Å². The summed E-state index contributed by atoms with van der Waals surface area (Å²) in [4.78, 5) is 25.5. The van der Waals surface area contributed by atoms with Crippen LogP contribution in [-0.2, 0) is 6.54 Å². The Hall–Kier alpha value is -3.42. The van der Waals surface area contributed by atoms with Crippen molar-refractivity contribution in [3.63, 3.8) is 0 Å². The van der Waals surface area contributed by atoms with Crippen molar-refractivity contribution in [2.75, 3.05) is 13.7 Å². The van der Waals surface area contributed by atoms with Crippen LogP contribution in [0.15, 0.2) is 54.0 Å². The lowest BCUT2D eigenvalue weighted by Gasteiger charge is -2.13. The highest BCUT2D eigenvalue weighted by Gasteiger charge is 2.17. The van der Waals surface area contributed by atoms with Crippen molar-refractivity contribution < 1.29 is 9.53 Å². The molecule has 8 heteroatoms. The maximum Gasteiger partial charge on any atom is 0.268 e. The van der Waals surface area contributed by atoms with Crippen LogP contribution in [0.3, 0.4) is 0 Å². The molecule has 2 heterocycles. The molecule has 0 spiro atoms. The Labute approximate surface area is 156 Å². The SMILES string of the molecule is COc1ccccc1-n1ccc(C)c(C(=O)NCCCn2cnnc2)c1=O. The van der Waals surface area contributed by atoms with Crippen LogP contribution in [0.2, 0.25) is 0 Å². The molecule has 3 aromatic rings. The maximum atomic E-state index is 12.9. The zero-order valence-electron chi connectivity index (χ0n) is 15.3. The molecule has 27 heavy (non-hydrogen) atoms. The molecular weight excluding hydrogens is 346 g/mol. The number of nitrogens with one attached hydrogen (secondary N) is 1. The number of pyridine rings is 1. The number of hydrogen-bond donors (Lipinski definition) is 1. The minimum absolute atomic E-state index is 0.132. The monoisotopic (exact) mass is 367 g/mol. The normalized spacial score (nSPS) is 10.6. The molecule has 0 fully saturated rings. The van der Waals surface area contributed by atoms with Gasteiger partial charge >= 0.3 is 0 Å². The first kappa shape index (κ1) is 18.4. The Morgan fingerprint density at radius 3 is 2.67 bits per heavy atom. The standard InChI is InChI=1S/C19H21N5O3/c1-14-8-11-24(15-6-3-4-7-16(15)27-2)19(26)17(14)18(25)20-9-5-10-23-12-21-22-13-23/h3-4,6-8,11-13H,5,9-10H2,1-2H3,(H,20,25). The van der Waals surface area contributed by atoms with Crippen molar-refractivity contribution >= 4 is 5.91 Å². The lowest BCUT2D eigenvalue weighted by molar-refractivity contribution is 0.0950. The average Bonchev–Trinajstić information content (AvgIpc) is 3.19. The Kier molecular flexibility index (Phi) is 5.65. The van der Waals surface area contributed by atoms with Gasteiger partial charge in [-0.15, -0.1) is 10.2 Å². The molecule has 8 nitrogen and oxygen atoms in total. The fourth-order valence-corrected chi connectivity index (χ4v) is 2.81. The van der Waals surface area contributed by atoms with Crippen LogP contribution in [0, 0.1) is 6.92 Å². The summed E-state index contributed by atoms with van der Waals surface area (Å²) in [5.41, 5.74) is 0.970. The number of para-hydroxylation sites is 2. The number of carbonyl (C=O) groups excluding carboxylic acids is 1. The summed E-state index contributed by atoms with van der Waals surface area (Å²) in [6.07, 6.45) is 5.60. The molecule has 0 saturated carbocycles. The van der Waals surface area contributed by atoms with E-state index in [1.165, 1.54) is 4.57 Å². The molecule has 1 N–H and O–H groups in total. The molecule has 0 atom stereocenters. The number of carbonyl (C=O) groups is 1. The van der Waals surface area contributed by atoms with E-state index in [1.54, 1.807) is 51.1 Å². The van der Waals surface area contributed by atoms with Gasteiger partial charge in [-0.3, -0.25) is 14.2 Å². The van der Waals surface area contributed by atoms with E-state index in [-0.39, 0.29) is 17.0 Å². The first-order valence-electron chi connectivity index (χ1n) is 8.58. The molecule has 0 unspecified atom stereocenters. The minimum Gasteiger partial charge on any atom is -0.495 e. The highest BCUT2D eigenvalue weighted by atomic mass is 16.5. The number of nitrogens with zero attached hydrogens (tertiary/aromatic N) is 4.